The quantitative estimate of drug-likeness (QED) is 0.394. The van der Waals surface area contributed by atoms with E-state index < -0.39 is 6.04 Å². The fourth-order valence-corrected chi connectivity index (χ4v) is 4.34. The van der Waals surface area contributed by atoms with E-state index in [4.69, 9.17) is 11.6 Å². The average Bonchev–Trinajstić information content (AvgIpc) is 3.00. The summed E-state index contributed by atoms with van der Waals surface area (Å²) < 4.78 is 0. The number of hydrogen-bond acceptors (Lipinski definition) is 5. The second-order valence-electron chi connectivity index (χ2n) is 8.56. The molecule has 1 unspecified atom stereocenters. The van der Waals surface area contributed by atoms with Crippen molar-refractivity contribution in [2.45, 2.75) is 19.0 Å². The second kappa shape index (κ2) is 10.6. The van der Waals surface area contributed by atoms with Gasteiger partial charge in [-0.2, -0.15) is 0 Å². The monoisotopic (exact) mass is 511 g/mol. The van der Waals surface area contributed by atoms with Crippen LogP contribution in [0.3, 0.4) is 0 Å². The van der Waals surface area contributed by atoms with Crippen LogP contribution in [0, 0.1) is 0 Å². The van der Waals surface area contributed by atoms with Crippen LogP contribution < -0.4 is 10.6 Å². The highest BCUT2D eigenvalue weighted by molar-refractivity contribution is 6.31. The van der Waals surface area contributed by atoms with Crippen LogP contribution in [0.5, 0.6) is 0 Å². The number of fused-ring (bicyclic) bond motifs is 1. The molecule has 2 N–H and O–H groups in total. The minimum absolute atomic E-state index is 0.158. The predicted molar refractivity (Wildman–Crippen MR) is 140 cm³/mol. The summed E-state index contributed by atoms with van der Waals surface area (Å²) in [4.78, 5) is 49.4. The molecule has 0 radical (unpaired) electrons. The largest absolute Gasteiger partial charge is 0.324 e. The number of halogens is 1. The van der Waals surface area contributed by atoms with Crippen LogP contribution >= 0.6 is 11.6 Å². The molecule has 5 rings (SSSR count). The first-order chi connectivity index (χ1) is 18.0. The first-order valence-electron chi connectivity index (χ1n) is 11.6. The first-order valence-corrected chi connectivity index (χ1v) is 12.0. The molecule has 184 valence electrons. The molecule has 2 aromatic heterocycles. The van der Waals surface area contributed by atoms with Gasteiger partial charge in [0.2, 0.25) is 5.91 Å². The van der Waals surface area contributed by atoms with Gasteiger partial charge in [-0.3, -0.25) is 19.4 Å². The predicted octanol–water partition coefficient (Wildman–Crippen LogP) is 4.59. The average molecular weight is 512 g/mol. The topological polar surface area (TPSA) is 104 Å². The molecular weight excluding hydrogens is 490 g/mol. The summed E-state index contributed by atoms with van der Waals surface area (Å²) in [5, 5.41) is 6.02. The van der Waals surface area contributed by atoms with Crippen molar-refractivity contribution in [2.75, 3.05) is 10.6 Å². The Hall–Kier alpha value is -4.56. The van der Waals surface area contributed by atoms with E-state index in [2.05, 4.69) is 20.6 Å². The van der Waals surface area contributed by atoms with E-state index >= 15 is 0 Å². The van der Waals surface area contributed by atoms with E-state index in [0.717, 1.165) is 11.1 Å². The van der Waals surface area contributed by atoms with E-state index in [1.807, 2.05) is 6.07 Å². The molecule has 0 fully saturated rings. The van der Waals surface area contributed by atoms with Crippen molar-refractivity contribution in [3.05, 3.63) is 119 Å². The van der Waals surface area contributed by atoms with Gasteiger partial charge in [-0.1, -0.05) is 35.9 Å². The summed E-state index contributed by atoms with van der Waals surface area (Å²) in [5.41, 5.74) is 2.77. The maximum absolute atomic E-state index is 13.7. The number of amides is 3. The van der Waals surface area contributed by atoms with Crippen molar-refractivity contribution in [3.63, 3.8) is 0 Å². The highest BCUT2D eigenvalue weighted by Crippen LogP contribution is 2.28. The third-order valence-electron chi connectivity index (χ3n) is 6.04. The number of rotatable bonds is 6. The maximum atomic E-state index is 13.7. The second-order valence-corrected chi connectivity index (χ2v) is 9.00. The number of anilines is 2. The van der Waals surface area contributed by atoms with E-state index in [9.17, 15) is 14.4 Å². The lowest BCUT2D eigenvalue weighted by Gasteiger charge is -2.29. The fourth-order valence-electron chi connectivity index (χ4n) is 4.17. The third kappa shape index (κ3) is 5.49. The Morgan fingerprint density at radius 1 is 0.973 bits per heavy atom. The number of benzene rings is 2. The van der Waals surface area contributed by atoms with Gasteiger partial charge in [0.15, 0.2) is 0 Å². The molecule has 9 heteroatoms. The van der Waals surface area contributed by atoms with Crippen molar-refractivity contribution in [1.29, 1.82) is 0 Å². The van der Waals surface area contributed by atoms with Crippen LogP contribution in [0.4, 0.5) is 11.5 Å². The molecule has 0 bridgehead atoms. The Labute approximate surface area is 218 Å². The molecule has 1 aliphatic rings. The number of carbonyl (C=O) groups excluding carboxylic acids is 3. The molecule has 0 spiro atoms. The molecule has 1 atom stereocenters. The first kappa shape index (κ1) is 24.1. The zero-order valence-electron chi connectivity index (χ0n) is 19.6. The Morgan fingerprint density at radius 2 is 1.81 bits per heavy atom. The summed E-state index contributed by atoms with van der Waals surface area (Å²) >= 11 is 6.18. The molecule has 37 heavy (non-hydrogen) atoms. The van der Waals surface area contributed by atoms with Gasteiger partial charge < -0.3 is 15.5 Å². The van der Waals surface area contributed by atoms with Gasteiger partial charge in [-0.15, -0.1) is 0 Å². The molecule has 3 heterocycles. The van der Waals surface area contributed by atoms with Crippen LogP contribution in [0.2, 0.25) is 5.02 Å². The van der Waals surface area contributed by atoms with Gasteiger partial charge in [0.05, 0.1) is 11.3 Å². The van der Waals surface area contributed by atoms with E-state index in [1.165, 1.54) is 4.90 Å². The number of nitrogens with zero attached hydrogens (tertiary/aromatic N) is 3. The van der Waals surface area contributed by atoms with E-state index in [1.54, 1.807) is 85.3 Å². The summed E-state index contributed by atoms with van der Waals surface area (Å²) in [6.07, 6.45) is 5.22. The molecule has 3 amide bonds. The van der Waals surface area contributed by atoms with Crippen molar-refractivity contribution in [2.24, 2.45) is 0 Å². The minimum Gasteiger partial charge on any atom is -0.324 e. The molecule has 8 nitrogen and oxygen atoms in total. The Kier molecular flexibility index (Phi) is 6.91. The smallest absolute Gasteiger partial charge is 0.257 e. The van der Waals surface area contributed by atoms with Gasteiger partial charge in [-0.25, -0.2) is 4.98 Å². The van der Waals surface area contributed by atoms with Gasteiger partial charge in [-0.05, 0) is 59.7 Å². The van der Waals surface area contributed by atoms with Gasteiger partial charge >= 0.3 is 0 Å². The van der Waals surface area contributed by atoms with Crippen molar-refractivity contribution in [3.8, 4) is 0 Å². The Bertz CT molecular complexity index is 1450. The molecule has 0 saturated heterocycles. The number of hydrogen-bond donors (Lipinski definition) is 2. The van der Waals surface area contributed by atoms with E-state index in [0.29, 0.717) is 27.7 Å². The van der Waals surface area contributed by atoms with Crippen molar-refractivity contribution < 1.29 is 14.4 Å². The fraction of sp³-hybridized carbons (Fsp3) is 0.107. The van der Waals surface area contributed by atoms with E-state index in [-0.39, 0.29) is 30.7 Å². The maximum Gasteiger partial charge on any atom is 0.257 e. The normalized spacial score (nSPS) is 14.9. The summed E-state index contributed by atoms with van der Waals surface area (Å²) in [5.74, 6) is -0.465. The molecule has 4 aromatic rings. The minimum atomic E-state index is -0.782. The summed E-state index contributed by atoms with van der Waals surface area (Å²) in [6, 6.07) is 19.8. The molecular formula is C28H22ClN5O3. The number of pyridine rings is 2. The third-order valence-corrected chi connectivity index (χ3v) is 6.27. The zero-order chi connectivity index (χ0) is 25.8. The van der Waals surface area contributed by atoms with Crippen LogP contribution in [0.15, 0.2) is 91.4 Å². The Morgan fingerprint density at radius 3 is 2.54 bits per heavy atom. The number of aromatic nitrogens is 2. The highest BCUT2D eigenvalue weighted by Gasteiger charge is 2.35. The zero-order valence-corrected chi connectivity index (χ0v) is 20.4. The standard InChI is InChI=1S/C28H22ClN5O3/c29-21-10-11-23-22(15-21)28(37)34(24(27(36)32-23)14-19-4-3-12-30-16-19)17-18-6-8-20(9-7-18)26(35)33-25-5-1-2-13-31-25/h1-13,15-16,24H,14,17H2,(H,32,36)(H,31,33,35). The van der Waals surface area contributed by atoms with Crippen molar-refractivity contribution in [1.82, 2.24) is 14.9 Å². The Balaban J connectivity index is 1.42. The van der Waals surface area contributed by atoms with Crippen molar-refractivity contribution >= 4 is 40.8 Å². The summed E-state index contributed by atoms with van der Waals surface area (Å²) in [7, 11) is 0. The number of nitrogens with one attached hydrogen (secondary N) is 2. The molecule has 0 aliphatic carbocycles. The molecule has 1 aliphatic heterocycles. The molecule has 0 saturated carbocycles. The van der Waals surface area contributed by atoms with Crippen LogP contribution in [-0.2, 0) is 17.8 Å². The van der Waals surface area contributed by atoms with Crippen LogP contribution in [0.25, 0.3) is 0 Å². The van der Waals surface area contributed by atoms with Gasteiger partial charge in [0.1, 0.15) is 11.9 Å². The lowest BCUT2D eigenvalue weighted by Crippen LogP contribution is -2.46. The molecule has 2 aromatic carbocycles. The number of carbonyl (C=O) groups is 3. The SMILES string of the molecule is O=C(Nc1ccccn1)c1ccc(CN2C(=O)c3cc(Cl)ccc3NC(=O)C2Cc2cccnc2)cc1. The van der Waals surface area contributed by atoms with Gasteiger partial charge in [0, 0.05) is 42.1 Å². The van der Waals surface area contributed by atoms with Gasteiger partial charge in [0.25, 0.3) is 11.8 Å². The lowest BCUT2D eigenvalue weighted by molar-refractivity contribution is -0.120. The van der Waals surface area contributed by atoms with Crippen LogP contribution in [-0.4, -0.2) is 38.6 Å². The lowest BCUT2D eigenvalue weighted by atomic mass is 10.0. The summed E-state index contributed by atoms with van der Waals surface area (Å²) in [6.45, 7) is 0.158. The van der Waals surface area contributed by atoms with Crippen LogP contribution in [0.1, 0.15) is 31.8 Å². The highest BCUT2D eigenvalue weighted by atomic mass is 35.5.